The second-order valence-corrected chi connectivity index (χ2v) is 23.8. The largest absolute Gasteiger partial charge is 0.511 e. The second kappa shape index (κ2) is 21.2. The molecule has 0 aromatic heterocycles. The van der Waals surface area contributed by atoms with E-state index in [0.29, 0.717) is 12.0 Å². The van der Waals surface area contributed by atoms with Crippen LogP contribution in [0.5, 0.6) is 5.75 Å². The van der Waals surface area contributed by atoms with Gasteiger partial charge in [-0.05, 0) is 113 Å². The van der Waals surface area contributed by atoms with Crippen LogP contribution in [-0.4, -0.2) is 161 Å². The van der Waals surface area contributed by atoms with Crippen molar-refractivity contribution in [2.45, 2.75) is 180 Å². The Kier molecular flexibility index (Phi) is 16.2. The Morgan fingerprint density at radius 2 is 1.53 bits per heavy atom. The third-order valence-electron chi connectivity index (χ3n) is 18.5. The Hall–Kier alpha value is -4.09. The van der Waals surface area contributed by atoms with E-state index in [2.05, 4.69) is 0 Å². The Labute approximate surface area is 447 Å². The number of benzene rings is 1. The number of phenolic OH excluding ortho intramolecular Hbond substituents is 1. The molecule has 420 valence electrons. The molecule has 1 saturated carbocycles. The Morgan fingerprint density at radius 3 is 2.18 bits per heavy atom. The first-order chi connectivity index (χ1) is 35.5. The van der Waals surface area contributed by atoms with Gasteiger partial charge in [0.05, 0.1) is 31.0 Å². The highest BCUT2D eigenvalue weighted by Gasteiger charge is 2.68. The van der Waals surface area contributed by atoms with Gasteiger partial charge in [-0.3, -0.25) is 9.59 Å². The van der Waals surface area contributed by atoms with Gasteiger partial charge in [-0.25, -0.2) is 9.59 Å². The number of carbonyl (C=O) groups is 4. The van der Waals surface area contributed by atoms with Crippen molar-refractivity contribution in [2.24, 2.45) is 52.3 Å². The molecule has 20 heteroatoms. The number of rotatable bonds is 11. The summed E-state index contributed by atoms with van der Waals surface area (Å²) in [6.45, 7) is 15.9. The number of ether oxygens (including phenoxy) is 6. The lowest BCUT2D eigenvalue weighted by Crippen LogP contribution is -2.64. The lowest BCUT2D eigenvalue weighted by atomic mass is 9.49. The highest BCUT2D eigenvalue weighted by molar-refractivity contribution is 6.32. The number of hydrogen-bond donors (Lipinski definition) is 9. The van der Waals surface area contributed by atoms with E-state index in [1.54, 1.807) is 13.0 Å². The van der Waals surface area contributed by atoms with Gasteiger partial charge in [0.1, 0.15) is 58.8 Å². The van der Waals surface area contributed by atoms with Crippen molar-refractivity contribution in [1.82, 2.24) is 0 Å². The van der Waals surface area contributed by atoms with Crippen LogP contribution in [0.3, 0.4) is 0 Å². The normalized spacial score (nSPS) is 44.9. The fourth-order valence-corrected chi connectivity index (χ4v) is 14.0. The minimum Gasteiger partial charge on any atom is -0.511 e. The van der Waals surface area contributed by atoms with Crippen molar-refractivity contribution in [1.29, 1.82) is 0 Å². The third kappa shape index (κ3) is 9.50. The van der Waals surface area contributed by atoms with Crippen molar-refractivity contribution in [3.05, 3.63) is 75.6 Å². The highest BCUT2D eigenvalue weighted by Crippen LogP contribution is 2.62. The summed E-state index contributed by atoms with van der Waals surface area (Å²) in [5.41, 5.74) is -6.78. The Balaban J connectivity index is 1.07. The maximum atomic E-state index is 15.4. The summed E-state index contributed by atoms with van der Waals surface area (Å²) in [4.78, 5) is 55.5. The van der Waals surface area contributed by atoms with Crippen molar-refractivity contribution < 1.29 is 93.6 Å². The number of esters is 2. The summed E-state index contributed by atoms with van der Waals surface area (Å²) in [5, 5.41) is 102. The van der Waals surface area contributed by atoms with Crippen LogP contribution in [-0.2, 0) is 42.8 Å². The summed E-state index contributed by atoms with van der Waals surface area (Å²) < 4.78 is 36.7. The molecule has 3 aliphatic heterocycles. The van der Waals surface area contributed by atoms with Gasteiger partial charge < -0.3 is 74.4 Å². The molecule has 23 atom stereocenters. The van der Waals surface area contributed by atoms with Crippen LogP contribution in [0, 0.1) is 59.2 Å². The van der Waals surface area contributed by atoms with Crippen LogP contribution in [0.15, 0.2) is 59.4 Å². The van der Waals surface area contributed by atoms with Crippen molar-refractivity contribution in [3.8, 4) is 5.75 Å². The lowest BCUT2D eigenvalue weighted by Gasteiger charge is -2.57. The quantitative estimate of drug-likeness (QED) is 0.0860. The van der Waals surface area contributed by atoms with Crippen molar-refractivity contribution in [2.75, 3.05) is 6.61 Å². The van der Waals surface area contributed by atoms with Gasteiger partial charge in [-0.2, -0.15) is 0 Å². The number of fused-ring (bicyclic) bond motifs is 4. The molecule has 7 aliphatic rings. The third-order valence-corrected chi connectivity index (χ3v) is 18.9. The molecule has 4 fully saturated rings. The predicted molar refractivity (Wildman–Crippen MR) is 270 cm³/mol. The van der Waals surface area contributed by atoms with E-state index >= 15 is 4.79 Å². The zero-order valence-electron chi connectivity index (χ0n) is 44.5. The van der Waals surface area contributed by atoms with Gasteiger partial charge in [0.25, 0.3) is 0 Å². The number of allylic oxidation sites excluding steroid dienone is 4. The predicted octanol–water partition coefficient (Wildman–Crippen LogP) is 3.99. The van der Waals surface area contributed by atoms with E-state index in [1.165, 1.54) is 39.8 Å². The first-order valence-corrected chi connectivity index (χ1v) is 26.7. The van der Waals surface area contributed by atoms with Crippen LogP contribution in [0.1, 0.15) is 104 Å². The van der Waals surface area contributed by atoms with Crippen molar-refractivity contribution in [3.63, 3.8) is 0 Å². The summed E-state index contributed by atoms with van der Waals surface area (Å²) in [7, 11) is 0. The molecule has 3 heterocycles. The minimum atomic E-state index is -2.15. The first-order valence-electron chi connectivity index (χ1n) is 26.3. The molecule has 0 unspecified atom stereocenters. The molecule has 2 bridgehead atoms. The van der Waals surface area contributed by atoms with Crippen LogP contribution in [0.4, 0.5) is 0 Å². The van der Waals surface area contributed by atoms with E-state index in [1.807, 2.05) is 52.0 Å². The van der Waals surface area contributed by atoms with Crippen LogP contribution < -0.4 is 0 Å². The molecule has 19 nitrogen and oxygen atoms in total. The average molecular weight is 1090 g/mol. The molecule has 4 aliphatic carbocycles. The number of Topliss-reactive ketones (excluding diaryl/α,β-unsaturated/α-hetero) is 2. The lowest BCUT2D eigenvalue weighted by molar-refractivity contribution is -0.361. The van der Waals surface area contributed by atoms with E-state index in [4.69, 9.17) is 40.0 Å². The summed E-state index contributed by atoms with van der Waals surface area (Å²) in [6, 6.07) is 2.61. The monoisotopic (exact) mass is 1090 g/mol. The molecule has 1 aromatic carbocycles. The fourth-order valence-electron chi connectivity index (χ4n) is 13.9. The van der Waals surface area contributed by atoms with E-state index in [9.17, 15) is 60.3 Å². The number of halogens is 1. The number of ketones is 2. The summed E-state index contributed by atoms with van der Waals surface area (Å²) in [6.07, 6.45) is -7.83. The zero-order valence-corrected chi connectivity index (χ0v) is 45.3. The summed E-state index contributed by atoms with van der Waals surface area (Å²) >= 11 is 6.18. The molecule has 1 spiro atoms. The topological polar surface area (TPSA) is 306 Å². The van der Waals surface area contributed by atoms with Gasteiger partial charge in [-0.1, -0.05) is 76.6 Å². The molecule has 3 saturated heterocycles. The SMILES string of the molecule is CC(=O)[C@](C)(O)[C@@H](O)C[C@@H]1C[C@]23OC(=O)/C(=C(\O)[C@@]4(C)[C@H]5[C@H](C=C[C@@H]4[C@H](C)/C=C\C[C@]2(C)C=C1CO)[C@@H](O[C@@H]1O[C@H](C)[C@@H](O)[C@H](O[C@@H]2O[C@H](C)[C@@H](OC(=O)c4c(O)ccc(Cl)c4C)[C@H](O)[C@H]2O)[C@H]1O)[C@H](C)C[C@@H]5C)C3=O. The maximum Gasteiger partial charge on any atom is 0.346 e. The Bertz CT molecular complexity index is 2580. The molecular weight excluding hydrogens is 1010 g/mol. The fraction of sp³-hybridized carbons (Fsp3) is 0.679. The summed E-state index contributed by atoms with van der Waals surface area (Å²) in [5.74, 6) is -7.49. The van der Waals surface area contributed by atoms with Gasteiger partial charge in [-0.15, -0.1) is 0 Å². The average Bonchev–Trinajstić information content (AvgIpc) is 3.75. The number of carbonyl (C=O) groups excluding carboxylic acids is 4. The number of aromatic hydroxyl groups is 1. The van der Waals surface area contributed by atoms with Crippen LogP contribution in [0.2, 0.25) is 5.02 Å². The molecule has 0 radical (unpaired) electrons. The van der Waals surface area contributed by atoms with E-state index < -0.39 is 167 Å². The first kappa shape index (κ1) is 58.1. The minimum absolute atomic E-state index is 0.173. The van der Waals surface area contributed by atoms with Crippen molar-refractivity contribution >= 4 is 35.1 Å². The van der Waals surface area contributed by atoms with Gasteiger partial charge in [0.2, 0.25) is 5.78 Å². The standard InChI is InChI=1S/C56H75ClO19/c1-23-12-11-17-53(8)20-31(22-58)30(19-36(61)55(10,70)29(7)59)21-56(53)48(67)38(50(69)76-56)47(66)54(9)33(23)14-13-32-39(54)24(2)18-25(3)44(32)74-52-43(65)46(40(62)27(5)71-52)75-51-42(64)41(63)45(28(6)72-51)73-49(68)37-26(4)34(57)15-16-35(37)60/h11-16,20,23-25,27-28,30,32-33,36,39-46,51-52,58,60-66,70H,17-19,21-22H2,1-10H3/b12-11-,47-38-/t23-,24+,25-,27-,28-,30-,32+,33-,36+,39-,40-,41-,42-,43-,44+,45-,46+,51+,52+,53-,54-,55+,56-/m1/s1. The molecule has 1 aromatic rings. The molecule has 0 amide bonds. The van der Waals surface area contributed by atoms with E-state index in [0.717, 1.165) is 6.92 Å². The maximum absolute atomic E-state index is 15.4. The highest BCUT2D eigenvalue weighted by atomic mass is 35.5. The van der Waals surface area contributed by atoms with Gasteiger partial charge in [0.15, 0.2) is 30.1 Å². The number of aliphatic hydroxyl groups excluding tert-OH is 7. The number of aliphatic hydroxyl groups is 8. The molecule has 8 rings (SSSR count). The zero-order chi connectivity index (χ0) is 56.0. The van der Waals surface area contributed by atoms with E-state index in [-0.39, 0.29) is 53.2 Å². The Morgan fingerprint density at radius 1 is 0.882 bits per heavy atom. The van der Waals surface area contributed by atoms with Gasteiger partial charge >= 0.3 is 11.9 Å². The molecule has 9 N–H and O–H groups in total. The van der Waals surface area contributed by atoms with Crippen LogP contribution in [0.25, 0.3) is 0 Å². The number of phenols is 1. The second-order valence-electron chi connectivity index (χ2n) is 23.4. The molecule has 76 heavy (non-hydrogen) atoms. The smallest absolute Gasteiger partial charge is 0.346 e. The van der Waals surface area contributed by atoms with Crippen LogP contribution >= 0.6 is 11.6 Å². The number of hydrogen-bond acceptors (Lipinski definition) is 19. The molecular formula is C56H75ClO19. The van der Waals surface area contributed by atoms with Gasteiger partial charge in [0, 0.05) is 28.2 Å².